The van der Waals surface area contributed by atoms with Crippen molar-refractivity contribution >= 4 is 33.9 Å². The normalized spacial score (nSPS) is 21.5. The zero-order valence-electron chi connectivity index (χ0n) is 22.1. The molecule has 7 nitrogen and oxygen atoms in total. The second-order valence-electron chi connectivity index (χ2n) is 10.3. The van der Waals surface area contributed by atoms with E-state index in [0.717, 1.165) is 57.3 Å². The summed E-state index contributed by atoms with van der Waals surface area (Å²) in [5.74, 6) is 1.02. The highest BCUT2D eigenvalue weighted by molar-refractivity contribution is 9.10. The molecule has 198 valence electrons. The number of aromatic nitrogens is 2. The Morgan fingerprint density at radius 1 is 1.08 bits per heavy atom. The maximum atomic E-state index is 9.04. The Kier molecular flexibility index (Phi) is 7.47. The SMILES string of the molecule is Cc1nccn1CC1=Cc2ccccc2C(N2CCN(CNc3ccc(C#N)cc3)CC2)C2=C1CC(Br)C=N2. The number of hydrogen-bond acceptors (Lipinski definition) is 6. The number of aliphatic imine (C=N–C) groups is 1. The van der Waals surface area contributed by atoms with Crippen LogP contribution in [0.2, 0.25) is 0 Å². The Morgan fingerprint density at radius 3 is 2.62 bits per heavy atom. The molecule has 1 aliphatic carbocycles. The van der Waals surface area contributed by atoms with Crippen LogP contribution < -0.4 is 5.32 Å². The topological polar surface area (TPSA) is 72.5 Å². The molecule has 3 aliphatic rings. The standard InChI is InChI=1S/C31H32BrN7/c1-22-34-10-11-39(22)20-25-16-24-4-2-3-5-28(24)31(30-29(25)17-26(32)19-35-30)38-14-12-37(13-15-38)21-36-27-8-6-23(18-33)7-9-27/h2-11,16,19,26,31,36H,12-15,17,20-21H2,1H3. The molecule has 0 saturated carbocycles. The van der Waals surface area contributed by atoms with Gasteiger partial charge in [0.1, 0.15) is 5.82 Å². The molecule has 0 radical (unpaired) electrons. The fourth-order valence-electron chi connectivity index (χ4n) is 5.75. The Hall–Kier alpha value is -3.51. The van der Waals surface area contributed by atoms with Gasteiger partial charge in [0.15, 0.2) is 0 Å². The predicted molar refractivity (Wildman–Crippen MR) is 160 cm³/mol. The summed E-state index contributed by atoms with van der Waals surface area (Å²) < 4.78 is 2.22. The molecule has 6 rings (SSSR count). The minimum atomic E-state index is 0.124. The molecular formula is C31H32BrN7. The monoisotopic (exact) mass is 581 g/mol. The van der Waals surface area contributed by atoms with Crippen molar-refractivity contribution in [1.29, 1.82) is 5.26 Å². The molecule has 1 aromatic heterocycles. The summed E-state index contributed by atoms with van der Waals surface area (Å²) >= 11 is 3.83. The van der Waals surface area contributed by atoms with Crippen molar-refractivity contribution in [2.45, 2.75) is 30.8 Å². The number of hydrogen-bond donors (Lipinski definition) is 1. The number of fused-ring (bicyclic) bond motifs is 1. The number of alkyl halides is 1. The van der Waals surface area contributed by atoms with Gasteiger partial charge in [-0.3, -0.25) is 14.8 Å². The van der Waals surface area contributed by atoms with Crippen molar-refractivity contribution in [3.63, 3.8) is 0 Å². The smallest absolute Gasteiger partial charge is 0.105 e. The number of imidazole rings is 1. The van der Waals surface area contributed by atoms with Crippen LogP contribution in [0, 0.1) is 18.3 Å². The molecule has 0 bridgehead atoms. The van der Waals surface area contributed by atoms with Gasteiger partial charge in [0.25, 0.3) is 0 Å². The lowest BCUT2D eigenvalue weighted by Crippen LogP contribution is -2.49. The van der Waals surface area contributed by atoms with Gasteiger partial charge in [-0.1, -0.05) is 40.2 Å². The highest BCUT2D eigenvalue weighted by Gasteiger charge is 2.35. The van der Waals surface area contributed by atoms with Crippen LogP contribution >= 0.6 is 15.9 Å². The number of nitrogens with one attached hydrogen (secondary N) is 1. The lowest BCUT2D eigenvalue weighted by atomic mass is 9.92. The highest BCUT2D eigenvalue weighted by Crippen LogP contribution is 2.43. The van der Waals surface area contributed by atoms with Crippen LogP contribution in [0.4, 0.5) is 5.69 Å². The zero-order valence-corrected chi connectivity index (χ0v) is 23.7. The highest BCUT2D eigenvalue weighted by atomic mass is 79.9. The zero-order chi connectivity index (χ0) is 26.8. The Balaban J connectivity index is 1.24. The number of aryl methyl sites for hydroxylation is 1. The molecule has 0 spiro atoms. The molecule has 2 aromatic carbocycles. The van der Waals surface area contributed by atoms with E-state index in [-0.39, 0.29) is 10.9 Å². The number of anilines is 1. The van der Waals surface area contributed by atoms with E-state index in [0.29, 0.717) is 5.56 Å². The van der Waals surface area contributed by atoms with Crippen LogP contribution in [0.3, 0.4) is 0 Å². The Morgan fingerprint density at radius 2 is 1.87 bits per heavy atom. The minimum Gasteiger partial charge on any atom is -0.372 e. The van der Waals surface area contributed by atoms with Gasteiger partial charge in [-0.15, -0.1) is 0 Å². The van der Waals surface area contributed by atoms with E-state index in [1.807, 2.05) is 30.5 Å². The minimum absolute atomic E-state index is 0.124. The molecule has 0 amide bonds. The van der Waals surface area contributed by atoms with Gasteiger partial charge >= 0.3 is 0 Å². The first-order chi connectivity index (χ1) is 19.1. The van der Waals surface area contributed by atoms with E-state index in [2.05, 4.69) is 96.3 Å². The van der Waals surface area contributed by atoms with E-state index in [1.54, 1.807) is 0 Å². The first kappa shape index (κ1) is 25.8. The van der Waals surface area contributed by atoms with E-state index < -0.39 is 0 Å². The number of rotatable bonds is 6. The quantitative estimate of drug-likeness (QED) is 0.396. The molecule has 1 saturated heterocycles. The third-order valence-corrected chi connectivity index (χ3v) is 8.47. The number of halogens is 1. The summed E-state index contributed by atoms with van der Waals surface area (Å²) in [7, 11) is 0. The van der Waals surface area contributed by atoms with E-state index in [9.17, 15) is 0 Å². The summed E-state index contributed by atoms with van der Waals surface area (Å²) in [5, 5.41) is 12.5. The molecule has 1 fully saturated rings. The molecule has 3 heterocycles. The molecule has 39 heavy (non-hydrogen) atoms. The molecule has 1 N–H and O–H groups in total. The summed E-state index contributed by atoms with van der Waals surface area (Å²) in [5.41, 5.74) is 8.17. The average Bonchev–Trinajstić information content (AvgIpc) is 3.32. The van der Waals surface area contributed by atoms with Crippen LogP contribution in [0.15, 0.2) is 82.8 Å². The maximum Gasteiger partial charge on any atom is 0.105 e. The maximum absolute atomic E-state index is 9.04. The molecule has 3 aromatic rings. The van der Waals surface area contributed by atoms with Gasteiger partial charge in [0, 0.05) is 57.0 Å². The Bertz CT molecular complexity index is 1470. The fourth-order valence-corrected chi connectivity index (χ4v) is 6.19. The van der Waals surface area contributed by atoms with E-state index >= 15 is 0 Å². The van der Waals surface area contributed by atoms with Crippen molar-refractivity contribution in [3.05, 3.63) is 100 Å². The summed E-state index contributed by atoms with van der Waals surface area (Å²) in [6.45, 7) is 7.52. The van der Waals surface area contributed by atoms with Crippen molar-refractivity contribution in [2.24, 2.45) is 4.99 Å². The van der Waals surface area contributed by atoms with Crippen LogP contribution in [0.25, 0.3) is 6.08 Å². The van der Waals surface area contributed by atoms with Gasteiger partial charge in [-0.25, -0.2) is 4.98 Å². The number of benzene rings is 2. The average molecular weight is 583 g/mol. The largest absolute Gasteiger partial charge is 0.372 e. The van der Waals surface area contributed by atoms with Gasteiger partial charge in [-0.05, 0) is 66.0 Å². The third kappa shape index (κ3) is 5.48. The summed E-state index contributed by atoms with van der Waals surface area (Å²) in [6, 6.07) is 18.8. The predicted octanol–water partition coefficient (Wildman–Crippen LogP) is 5.38. The van der Waals surface area contributed by atoms with Gasteiger partial charge < -0.3 is 9.88 Å². The van der Waals surface area contributed by atoms with Crippen LogP contribution in [0.5, 0.6) is 0 Å². The molecular weight excluding hydrogens is 550 g/mol. The first-order valence-corrected chi connectivity index (χ1v) is 14.4. The Labute approximate surface area is 238 Å². The second-order valence-corrected chi connectivity index (χ2v) is 11.5. The van der Waals surface area contributed by atoms with Crippen LogP contribution in [-0.4, -0.2) is 63.2 Å². The van der Waals surface area contributed by atoms with E-state index in [1.165, 1.54) is 28.0 Å². The van der Waals surface area contributed by atoms with Gasteiger partial charge in [-0.2, -0.15) is 5.26 Å². The van der Waals surface area contributed by atoms with Gasteiger partial charge in [0.2, 0.25) is 0 Å². The van der Waals surface area contributed by atoms with Crippen LogP contribution in [-0.2, 0) is 6.54 Å². The summed E-state index contributed by atoms with van der Waals surface area (Å²) in [4.78, 5) is 14.9. The van der Waals surface area contributed by atoms with Crippen LogP contribution in [0.1, 0.15) is 35.0 Å². The lowest BCUT2D eigenvalue weighted by molar-refractivity contribution is 0.112. The third-order valence-electron chi connectivity index (χ3n) is 7.91. The van der Waals surface area contributed by atoms with Crippen molar-refractivity contribution in [1.82, 2.24) is 19.4 Å². The molecule has 2 unspecified atom stereocenters. The first-order valence-electron chi connectivity index (χ1n) is 13.5. The number of nitrogens with zero attached hydrogens (tertiary/aromatic N) is 6. The lowest BCUT2D eigenvalue weighted by Gasteiger charge is -2.40. The molecule has 2 atom stereocenters. The van der Waals surface area contributed by atoms with Gasteiger partial charge in [0.05, 0.1) is 34.9 Å². The van der Waals surface area contributed by atoms with Crippen molar-refractivity contribution in [3.8, 4) is 6.07 Å². The van der Waals surface area contributed by atoms with Crippen molar-refractivity contribution < 1.29 is 0 Å². The summed E-state index contributed by atoms with van der Waals surface area (Å²) in [6.07, 6.45) is 9.31. The molecule has 8 heteroatoms. The second kappa shape index (κ2) is 11.3. The number of piperazine rings is 1. The molecule has 2 aliphatic heterocycles. The van der Waals surface area contributed by atoms with E-state index in [4.69, 9.17) is 10.3 Å². The number of allylic oxidation sites excluding steroid dienone is 2. The van der Waals surface area contributed by atoms with Crippen molar-refractivity contribution in [2.75, 3.05) is 38.2 Å². The number of nitriles is 1. The fraction of sp³-hybridized carbons (Fsp3) is 0.323.